The SMILES string of the molecule is Cc1cccc(Nc2nc(C(=O)Nc3nc(CC(N)=O)cs3)cs2)n1. The van der Waals surface area contributed by atoms with Gasteiger partial charge in [-0.15, -0.1) is 22.7 Å². The molecule has 0 aliphatic rings. The van der Waals surface area contributed by atoms with Crippen molar-refractivity contribution in [2.75, 3.05) is 10.6 Å². The molecule has 3 heterocycles. The topological polar surface area (TPSA) is 123 Å². The Labute approximate surface area is 151 Å². The zero-order chi connectivity index (χ0) is 17.8. The molecule has 3 aromatic heterocycles. The van der Waals surface area contributed by atoms with Gasteiger partial charge in [0.05, 0.1) is 12.1 Å². The van der Waals surface area contributed by atoms with Gasteiger partial charge in [0.25, 0.3) is 5.91 Å². The summed E-state index contributed by atoms with van der Waals surface area (Å²) in [4.78, 5) is 35.8. The molecule has 25 heavy (non-hydrogen) atoms. The fourth-order valence-corrected chi connectivity index (χ4v) is 3.35. The number of aryl methyl sites for hydroxylation is 1. The molecular formula is C15H14N6O2S2. The predicted octanol–water partition coefficient (Wildman–Crippen LogP) is 2.33. The van der Waals surface area contributed by atoms with Crippen LogP contribution in [-0.2, 0) is 11.2 Å². The molecule has 4 N–H and O–H groups in total. The molecule has 0 spiro atoms. The lowest BCUT2D eigenvalue weighted by Crippen LogP contribution is -2.14. The molecule has 0 radical (unpaired) electrons. The van der Waals surface area contributed by atoms with E-state index in [-0.39, 0.29) is 18.0 Å². The zero-order valence-corrected chi connectivity index (χ0v) is 14.8. The van der Waals surface area contributed by atoms with Crippen molar-refractivity contribution in [2.24, 2.45) is 5.73 Å². The second-order valence-corrected chi connectivity index (χ2v) is 6.78. The number of amides is 2. The lowest BCUT2D eigenvalue weighted by Gasteiger charge is -2.02. The maximum atomic E-state index is 12.2. The predicted molar refractivity (Wildman–Crippen MR) is 97.3 cm³/mol. The van der Waals surface area contributed by atoms with Crippen LogP contribution in [0.3, 0.4) is 0 Å². The maximum Gasteiger partial charge on any atom is 0.276 e. The van der Waals surface area contributed by atoms with Crippen molar-refractivity contribution in [1.82, 2.24) is 15.0 Å². The molecule has 0 atom stereocenters. The van der Waals surface area contributed by atoms with Crippen LogP contribution >= 0.6 is 22.7 Å². The molecular weight excluding hydrogens is 360 g/mol. The summed E-state index contributed by atoms with van der Waals surface area (Å²) < 4.78 is 0. The third-order valence-electron chi connectivity index (χ3n) is 2.99. The molecule has 0 fully saturated rings. The molecule has 0 saturated heterocycles. The number of carbonyl (C=O) groups excluding carboxylic acids is 2. The van der Waals surface area contributed by atoms with Crippen LogP contribution < -0.4 is 16.4 Å². The number of anilines is 3. The summed E-state index contributed by atoms with van der Waals surface area (Å²) >= 11 is 2.53. The fourth-order valence-electron chi connectivity index (χ4n) is 1.94. The van der Waals surface area contributed by atoms with Crippen LogP contribution in [0.2, 0.25) is 0 Å². The highest BCUT2D eigenvalue weighted by molar-refractivity contribution is 7.14. The van der Waals surface area contributed by atoms with E-state index in [1.807, 2.05) is 25.1 Å². The average Bonchev–Trinajstić information content (AvgIpc) is 3.16. The van der Waals surface area contributed by atoms with Crippen molar-refractivity contribution < 1.29 is 9.59 Å². The number of nitrogens with two attached hydrogens (primary N) is 1. The first-order valence-corrected chi connectivity index (χ1v) is 8.96. The molecule has 8 nitrogen and oxygen atoms in total. The van der Waals surface area contributed by atoms with Crippen LogP contribution in [0, 0.1) is 6.92 Å². The Hall–Kier alpha value is -2.85. The molecule has 0 bridgehead atoms. The van der Waals surface area contributed by atoms with E-state index in [0.717, 1.165) is 5.69 Å². The molecule has 128 valence electrons. The number of aromatic nitrogens is 3. The van der Waals surface area contributed by atoms with Crippen LogP contribution in [0.5, 0.6) is 0 Å². The number of thiazole rings is 2. The number of primary amides is 1. The van der Waals surface area contributed by atoms with Gasteiger partial charge in [0.15, 0.2) is 10.3 Å². The standard InChI is InChI=1S/C15H14N6O2S2/c1-8-3-2-4-12(17-8)20-15-19-10(7-25-15)13(23)21-14-18-9(6-24-14)5-11(16)22/h2-4,6-7H,5H2,1H3,(H2,16,22)(H,17,19,20)(H,18,21,23). The molecule has 3 rings (SSSR count). The minimum atomic E-state index is -0.469. The van der Waals surface area contributed by atoms with Gasteiger partial charge < -0.3 is 11.1 Å². The Morgan fingerprint density at radius 3 is 2.68 bits per heavy atom. The van der Waals surface area contributed by atoms with Gasteiger partial charge in [-0.1, -0.05) is 6.07 Å². The molecule has 0 aliphatic heterocycles. The van der Waals surface area contributed by atoms with E-state index in [1.54, 1.807) is 10.8 Å². The largest absolute Gasteiger partial charge is 0.369 e. The summed E-state index contributed by atoms with van der Waals surface area (Å²) in [5.74, 6) is -0.179. The molecule has 0 aromatic carbocycles. The van der Waals surface area contributed by atoms with Crippen molar-refractivity contribution in [3.63, 3.8) is 0 Å². The third kappa shape index (κ3) is 4.58. The van der Waals surface area contributed by atoms with Gasteiger partial charge in [-0.05, 0) is 19.1 Å². The van der Waals surface area contributed by atoms with Gasteiger partial charge in [-0.3, -0.25) is 14.9 Å². The van der Waals surface area contributed by atoms with Gasteiger partial charge in [-0.2, -0.15) is 0 Å². The second kappa shape index (κ2) is 7.36. The third-order valence-corrected chi connectivity index (χ3v) is 4.55. The van der Waals surface area contributed by atoms with E-state index < -0.39 is 5.91 Å². The van der Waals surface area contributed by atoms with Gasteiger partial charge in [0, 0.05) is 16.5 Å². The first-order chi connectivity index (χ1) is 12.0. The Morgan fingerprint density at radius 1 is 1.12 bits per heavy atom. The lowest BCUT2D eigenvalue weighted by molar-refractivity contribution is -0.117. The number of hydrogen-bond donors (Lipinski definition) is 3. The van der Waals surface area contributed by atoms with E-state index in [4.69, 9.17) is 5.73 Å². The van der Waals surface area contributed by atoms with Crippen LogP contribution in [0.1, 0.15) is 21.9 Å². The average molecular weight is 374 g/mol. The Morgan fingerprint density at radius 2 is 1.92 bits per heavy atom. The van der Waals surface area contributed by atoms with E-state index in [9.17, 15) is 9.59 Å². The molecule has 0 unspecified atom stereocenters. The Bertz CT molecular complexity index is 920. The van der Waals surface area contributed by atoms with Crippen molar-refractivity contribution in [3.8, 4) is 0 Å². The van der Waals surface area contributed by atoms with E-state index >= 15 is 0 Å². The minimum Gasteiger partial charge on any atom is -0.369 e. The van der Waals surface area contributed by atoms with Gasteiger partial charge in [0.2, 0.25) is 5.91 Å². The minimum absolute atomic E-state index is 0.0423. The van der Waals surface area contributed by atoms with E-state index in [0.29, 0.717) is 21.8 Å². The highest BCUT2D eigenvalue weighted by atomic mass is 32.1. The van der Waals surface area contributed by atoms with Gasteiger partial charge in [0.1, 0.15) is 11.5 Å². The summed E-state index contributed by atoms with van der Waals surface area (Å²) in [6, 6.07) is 5.61. The van der Waals surface area contributed by atoms with Crippen LogP contribution in [0.4, 0.5) is 16.1 Å². The zero-order valence-electron chi connectivity index (χ0n) is 13.1. The number of carbonyl (C=O) groups is 2. The van der Waals surface area contributed by atoms with Crippen molar-refractivity contribution in [1.29, 1.82) is 0 Å². The molecule has 10 heteroatoms. The van der Waals surface area contributed by atoms with E-state index in [1.165, 1.54) is 22.7 Å². The highest BCUT2D eigenvalue weighted by Gasteiger charge is 2.14. The first-order valence-electron chi connectivity index (χ1n) is 7.20. The molecule has 3 aromatic rings. The Balaban J connectivity index is 1.64. The second-order valence-electron chi connectivity index (χ2n) is 5.07. The molecule has 0 aliphatic carbocycles. The van der Waals surface area contributed by atoms with Gasteiger partial charge >= 0.3 is 0 Å². The number of nitrogens with zero attached hydrogens (tertiary/aromatic N) is 3. The maximum absolute atomic E-state index is 12.2. The smallest absolute Gasteiger partial charge is 0.276 e. The first kappa shape index (κ1) is 17.0. The van der Waals surface area contributed by atoms with Crippen molar-refractivity contribution in [2.45, 2.75) is 13.3 Å². The monoisotopic (exact) mass is 374 g/mol. The summed E-state index contributed by atoms with van der Waals surface area (Å²) in [5, 5.41) is 10.00. The van der Waals surface area contributed by atoms with Crippen molar-refractivity contribution in [3.05, 3.63) is 46.0 Å². The summed E-state index contributed by atoms with van der Waals surface area (Å²) in [6.07, 6.45) is 0.0423. The van der Waals surface area contributed by atoms with Crippen LogP contribution in [0.15, 0.2) is 29.0 Å². The van der Waals surface area contributed by atoms with E-state index in [2.05, 4.69) is 25.6 Å². The normalized spacial score (nSPS) is 10.4. The van der Waals surface area contributed by atoms with Crippen molar-refractivity contribution >= 4 is 50.6 Å². The summed E-state index contributed by atoms with van der Waals surface area (Å²) in [7, 11) is 0. The highest BCUT2D eigenvalue weighted by Crippen LogP contribution is 2.21. The lowest BCUT2D eigenvalue weighted by atomic mass is 10.3. The molecule has 2 amide bonds. The quantitative estimate of drug-likeness (QED) is 0.608. The van der Waals surface area contributed by atoms with Crippen LogP contribution in [-0.4, -0.2) is 26.8 Å². The number of pyridine rings is 1. The molecule has 0 saturated carbocycles. The Kier molecular flexibility index (Phi) is 5.00. The fraction of sp³-hybridized carbons (Fsp3) is 0.133. The summed E-state index contributed by atoms with van der Waals surface area (Å²) in [6.45, 7) is 1.90. The van der Waals surface area contributed by atoms with Crippen LogP contribution in [0.25, 0.3) is 0 Å². The number of rotatable bonds is 6. The number of hydrogen-bond acceptors (Lipinski definition) is 8. The number of nitrogens with one attached hydrogen (secondary N) is 2. The van der Waals surface area contributed by atoms with Gasteiger partial charge in [-0.25, -0.2) is 15.0 Å². The summed E-state index contributed by atoms with van der Waals surface area (Å²) in [5.41, 5.74) is 6.80.